The van der Waals surface area contributed by atoms with Crippen LogP contribution in [0.25, 0.3) is 76.6 Å². The largest absolute Gasteiger partial charge is 0.208 e. The van der Waals surface area contributed by atoms with E-state index in [1.165, 1.54) is 6.07 Å². The first-order chi connectivity index (χ1) is 22.1. The molecule has 0 fully saturated rings. The fourth-order valence-electron chi connectivity index (χ4n) is 5.86. The van der Waals surface area contributed by atoms with Crippen LogP contribution in [0.4, 0.5) is 4.39 Å². The van der Waals surface area contributed by atoms with E-state index in [9.17, 15) is 4.39 Å². The maximum atomic E-state index is 14.0. The van der Waals surface area contributed by atoms with Crippen LogP contribution in [0.5, 0.6) is 0 Å². The number of benzene rings is 6. The summed E-state index contributed by atoms with van der Waals surface area (Å²) in [7, 11) is 0. The van der Waals surface area contributed by atoms with Gasteiger partial charge in [0.25, 0.3) is 0 Å². The lowest BCUT2D eigenvalue weighted by Gasteiger charge is -2.12. The minimum atomic E-state index is -0.210. The molecule has 0 spiro atoms. The SMILES string of the molecule is Cc1ccc(-c2nc(-c3ccccc3)nc(-c3ccccc3)n2)cc1-c1cccc(-c2cccc3c2sc2cc(F)ccc23)c1. The molecular formula is C40H26FN3S. The summed E-state index contributed by atoms with van der Waals surface area (Å²) >= 11 is 1.64. The number of aryl methyl sites for hydroxylation is 1. The monoisotopic (exact) mass is 599 g/mol. The normalized spacial score (nSPS) is 11.3. The van der Waals surface area contributed by atoms with Crippen LogP contribution >= 0.6 is 11.3 Å². The highest BCUT2D eigenvalue weighted by Gasteiger charge is 2.15. The van der Waals surface area contributed by atoms with Crippen molar-refractivity contribution in [1.29, 1.82) is 0 Å². The third-order valence-corrected chi connectivity index (χ3v) is 9.34. The van der Waals surface area contributed by atoms with Crippen LogP contribution in [0.15, 0.2) is 140 Å². The van der Waals surface area contributed by atoms with E-state index in [1.54, 1.807) is 17.4 Å². The highest BCUT2D eigenvalue weighted by Crippen LogP contribution is 2.41. The second-order valence-electron chi connectivity index (χ2n) is 11.1. The van der Waals surface area contributed by atoms with Gasteiger partial charge in [0, 0.05) is 36.9 Å². The van der Waals surface area contributed by atoms with E-state index in [4.69, 9.17) is 15.0 Å². The van der Waals surface area contributed by atoms with Crippen molar-refractivity contribution in [1.82, 2.24) is 15.0 Å². The van der Waals surface area contributed by atoms with Crippen molar-refractivity contribution in [2.24, 2.45) is 0 Å². The lowest BCUT2D eigenvalue weighted by Crippen LogP contribution is -2.00. The molecule has 6 aromatic carbocycles. The van der Waals surface area contributed by atoms with Gasteiger partial charge in [0.2, 0.25) is 0 Å². The van der Waals surface area contributed by atoms with Crippen molar-refractivity contribution in [2.45, 2.75) is 6.92 Å². The van der Waals surface area contributed by atoms with Gasteiger partial charge in [-0.15, -0.1) is 11.3 Å². The summed E-state index contributed by atoms with van der Waals surface area (Å²) in [4.78, 5) is 14.7. The van der Waals surface area contributed by atoms with E-state index in [2.05, 4.69) is 67.6 Å². The fourth-order valence-corrected chi connectivity index (χ4v) is 7.13. The Morgan fingerprint density at radius 1 is 0.467 bits per heavy atom. The van der Waals surface area contributed by atoms with Gasteiger partial charge in [-0.25, -0.2) is 19.3 Å². The molecule has 0 aliphatic heterocycles. The minimum absolute atomic E-state index is 0.210. The Morgan fingerprint density at radius 3 is 1.76 bits per heavy atom. The Morgan fingerprint density at radius 2 is 1.07 bits per heavy atom. The predicted molar refractivity (Wildman–Crippen MR) is 185 cm³/mol. The number of thiophene rings is 1. The zero-order valence-corrected chi connectivity index (χ0v) is 25.2. The van der Waals surface area contributed by atoms with E-state index >= 15 is 0 Å². The molecule has 0 saturated carbocycles. The van der Waals surface area contributed by atoms with E-state index < -0.39 is 0 Å². The second kappa shape index (κ2) is 11.2. The van der Waals surface area contributed by atoms with E-state index in [0.29, 0.717) is 17.5 Å². The maximum Gasteiger partial charge on any atom is 0.164 e. The molecule has 214 valence electrons. The lowest BCUT2D eigenvalue weighted by molar-refractivity contribution is 0.630. The first kappa shape index (κ1) is 27.1. The number of hydrogen-bond donors (Lipinski definition) is 0. The van der Waals surface area contributed by atoms with Crippen molar-refractivity contribution in [3.05, 3.63) is 151 Å². The van der Waals surface area contributed by atoms with Gasteiger partial charge < -0.3 is 0 Å². The van der Waals surface area contributed by atoms with Crippen molar-refractivity contribution >= 4 is 31.5 Å². The van der Waals surface area contributed by atoms with Crippen molar-refractivity contribution < 1.29 is 4.39 Å². The van der Waals surface area contributed by atoms with Gasteiger partial charge in [0.15, 0.2) is 17.5 Å². The molecule has 0 atom stereocenters. The number of hydrogen-bond acceptors (Lipinski definition) is 4. The molecule has 0 N–H and O–H groups in total. The molecule has 0 radical (unpaired) electrons. The van der Waals surface area contributed by atoms with Crippen LogP contribution in [-0.2, 0) is 0 Å². The molecular weight excluding hydrogens is 574 g/mol. The van der Waals surface area contributed by atoms with Crippen LogP contribution in [0.3, 0.4) is 0 Å². The molecule has 0 saturated heterocycles. The van der Waals surface area contributed by atoms with Crippen LogP contribution < -0.4 is 0 Å². The Balaban J connectivity index is 1.24. The summed E-state index contributed by atoms with van der Waals surface area (Å²) in [6.07, 6.45) is 0. The zero-order valence-electron chi connectivity index (χ0n) is 24.4. The molecule has 3 nitrogen and oxygen atoms in total. The van der Waals surface area contributed by atoms with E-state index in [1.807, 2.05) is 66.7 Å². The molecule has 2 aromatic heterocycles. The fraction of sp³-hybridized carbons (Fsp3) is 0.0250. The second-order valence-corrected chi connectivity index (χ2v) is 12.1. The molecule has 0 unspecified atom stereocenters. The van der Waals surface area contributed by atoms with Gasteiger partial charge in [-0.05, 0) is 59.0 Å². The summed E-state index contributed by atoms with van der Waals surface area (Å²) in [5, 5.41) is 2.23. The number of nitrogens with zero attached hydrogens (tertiary/aromatic N) is 3. The van der Waals surface area contributed by atoms with Gasteiger partial charge in [-0.3, -0.25) is 0 Å². The highest BCUT2D eigenvalue weighted by atomic mass is 32.1. The Kier molecular flexibility index (Phi) is 6.73. The number of aromatic nitrogens is 3. The van der Waals surface area contributed by atoms with Crippen molar-refractivity contribution in [3.63, 3.8) is 0 Å². The summed E-state index contributed by atoms with van der Waals surface area (Å²) in [6.45, 7) is 2.13. The van der Waals surface area contributed by atoms with Gasteiger partial charge in [-0.2, -0.15) is 0 Å². The molecule has 5 heteroatoms. The predicted octanol–water partition coefficient (Wildman–Crippen LogP) is 11.0. The molecule has 45 heavy (non-hydrogen) atoms. The Labute approximate surface area is 264 Å². The summed E-state index contributed by atoms with van der Waals surface area (Å²) < 4.78 is 16.2. The standard InChI is InChI=1S/C40H26FN3S/c1-25-18-19-30(40-43-38(26-10-4-2-5-11-26)42-39(44-40)27-12-6-3-7-13-27)23-35(25)29-15-8-14-28(22-29)32-16-9-17-34-33-21-20-31(41)24-36(33)45-37(32)34/h2-24H,1H3. The third kappa shape index (κ3) is 5.07. The van der Waals surface area contributed by atoms with Crippen molar-refractivity contribution in [3.8, 4) is 56.4 Å². The smallest absolute Gasteiger partial charge is 0.164 e. The van der Waals surface area contributed by atoms with E-state index in [-0.39, 0.29) is 5.82 Å². The van der Waals surface area contributed by atoms with Crippen LogP contribution in [-0.4, -0.2) is 15.0 Å². The quantitative estimate of drug-likeness (QED) is 0.198. The zero-order chi connectivity index (χ0) is 30.3. The molecule has 0 amide bonds. The van der Waals surface area contributed by atoms with Crippen molar-refractivity contribution in [2.75, 3.05) is 0 Å². The third-order valence-electron chi connectivity index (χ3n) is 8.14. The lowest BCUT2D eigenvalue weighted by atomic mass is 9.94. The number of rotatable bonds is 5. The Bertz CT molecular complexity index is 2290. The summed E-state index contributed by atoms with van der Waals surface area (Å²) in [6, 6.07) is 46.5. The Hall–Kier alpha value is -5.52. The minimum Gasteiger partial charge on any atom is -0.208 e. The maximum absolute atomic E-state index is 14.0. The molecule has 8 rings (SSSR count). The molecule has 8 aromatic rings. The van der Waals surface area contributed by atoms with E-state index in [0.717, 1.165) is 64.7 Å². The number of fused-ring (bicyclic) bond motifs is 3. The molecule has 2 heterocycles. The molecule has 0 aliphatic rings. The molecule has 0 aliphatic carbocycles. The van der Waals surface area contributed by atoms with Crippen LogP contribution in [0.1, 0.15) is 5.56 Å². The first-order valence-corrected chi connectivity index (χ1v) is 15.6. The van der Waals surface area contributed by atoms with Crippen LogP contribution in [0, 0.1) is 12.7 Å². The van der Waals surface area contributed by atoms with Gasteiger partial charge in [0.05, 0.1) is 0 Å². The average molecular weight is 600 g/mol. The molecule has 0 bridgehead atoms. The highest BCUT2D eigenvalue weighted by molar-refractivity contribution is 7.26. The summed E-state index contributed by atoms with van der Waals surface area (Å²) in [5.41, 5.74) is 8.45. The van der Waals surface area contributed by atoms with Crippen LogP contribution in [0.2, 0.25) is 0 Å². The topological polar surface area (TPSA) is 38.7 Å². The average Bonchev–Trinajstić information content (AvgIpc) is 3.47. The van der Waals surface area contributed by atoms with Gasteiger partial charge in [-0.1, -0.05) is 115 Å². The summed E-state index contributed by atoms with van der Waals surface area (Å²) in [5.74, 6) is 1.69. The van der Waals surface area contributed by atoms with Gasteiger partial charge in [0.1, 0.15) is 5.82 Å². The first-order valence-electron chi connectivity index (χ1n) is 14.8. The number of halogens is 1. The van der Waals surface area contributed by atoms with Gasteiger partial charge >= 0.3 is 0 Å².